The molecule has 2 unspecified atom stereocenters. The SMILES string of the molecule is C=C(/C=C\C1SC(C)=C(C)C1C)OC. The standard InChI is InChI=1S/C12H18OS/c1-8(13-5)6-7-12-10(3)9(2)11(4)14-12/h6-7,10,12H,1H2,2-5H3/b7-6-. The van der Waals surface area contributed by atoms with Gasteiger partial charge in [0.2, 0.25) is 0 Å². The van der Waals surface area contributed by atoms with Crippen molar-refractivity contribution in [3.05, 3.63) is 35.0 Å². The molecule has 1 rings (SSSR count). The second-order valence-corrected chi connectivity index (χ2v) is 5.03. The van der Waals surface area contributed by atoms with Crippen LogP contribution in [-0.4, -0.2) is 12.4 Å². The summed E-state index contributed by atoms with van der Waals surface area (Å²) in [6.07, 6.45) is 4.14. The highest BCUT2D eigenvalue weighted by Gasteiger charge is 2.25. The molecule has 1 heterocycles. The molecule has 0 aromatic carbocycles. The van der Waals surface area contributed by atoms with Gasteiger partial charge in [0, 0.05) is 5.25 Å². The van der Waals surface area contributed by atoms with E-state index >= 15 is 0 Å². The van der Waals surface area contributed by atoms with Crippen molar-refractivity contribution in [1.29, 1.82) is 0 Å². The minimum atomic E-state index is 0.543. The summed E-state index contributed by atoms with van der Waals surface area (Å²) in [5, 5.41) is 0.543. The zero-order valence-corrected chi connectivity index (χ0v) is 10.1. The Labute approximate surface area is 90.9 Å². The molecule has 14 heavy (non-hydrogen) atoms. The molecule has 1 aliphatic heterocycles. The quantitative estimate of drug-likeness (QED) is 0.518. The van der Waals surface area contributed by atoms with Gasteiger partial charge in [-0.1, -0.05) is 25.2 Å². The predicted molar refractivity (Wildman–Crippen MR) is 64.2 cm³/mol. The maximum atomic E-state index is 4.99. The molecule has 0 aliphatic carbocycles. The third kappa shape index (κ3) is 2.44. The zero-order valence-electron chi connectivity index (χ0n) is 9.33. The van der Waals surface area contributed by atoms with Crippen LogP contribution in [0, 0.1) is 5.92 Å². The summed E-state index contributed by atoms with van der Waals surface area (Å²) < 4.78 is 4.99. The van der Waals surface area contributed by atoms with Crippen molar-refractivity contribution < 1.29 is 4.74 Å². The number of hydrogen-bond donors (Lipinski definition) is 0. The first-order valence-electron chi connectivity index (χ1n) is 4.81. The van der Waals surface area contributed by atoms with E-state index in [1.807, 2.05) is 17.8 Å². The first kappa shape index (κ1) is 11.4. The summed E-state index contributed by atoms with van der Waals surface area (Å²) in [6, 6.07) is 0. The summed E-state index contributed by atoms with van der Waals surface area (Å²) in [4.78, 5) is 1.45. The average molecular weight is 210 g/mol. The Hall–Kier alpha value is -0.630. The molecule has 0 spiro atoms. The number of rotatable bonds is 3. The Morgan fingerprint density at radius 1 is 1.50 bits per heavy atom. The molecule has 2 atom stereocenters. The van der Waals surface area contributed by atoms with Gasteiger partial charge >= 0.3 is 0 Å². The monoisotopic (exact) mass is 210 g/mol. The molecule has 78 valence electrons. The lowest BCUT2D eigenvalue weighted by Gasteiger charge is -2.11. The van der Waals surface area contributed by atoms with Gasteiger partial charge in [-0.25, -0.2) is 0 Å². The molecular weight excluding hydrogens is 192 g/mol. The minimum absolute atomic E-state index is 0.543. The topological polar surface area (TPSA) is 9.23 Å². The van der Waals surface area contributed by atoms with Gasteiger partial charge in [-0.3, -0.25) is 0 Å². The van der Waals surface area contributed by atoms with Crippen LogP contribution < -0.4 is 0 Å². The molecule has 0 bridgehead atoms. The molecule has 0 saturated carbocycles. The predicted octanol–water partition coefficient (Wildman–Crippen LogP) is 3.75. The van der Waals surface area contributed by atoms with Crippen molar-refractivity contribution in [2.45, 2.75) is 26.0 Å². The average Bonchev–Trinajstić information content (AvgIpc) is 2.42. The first-order valence-corrected chi connectivity index (χ1v) is 5.69. The van der Waals surface area contributed by atoms with E-state index in [0.29, 0.717) is 11.2 Å². The number of thioether (sulfide) groups is 1. The Kier molecular flexibility index (Phi) is 3.87. The molecular formula is C12H18OS. The number of allylic oxidation sites excluding steroid dienone is 3. The van der Waals surface area contributed by atoms with Crippen molar-refractivity contribution in [1.82, 2.24) is 0 Å². The van der Waals surface area contributed by atoms with Gasteiger partial charge in [-0.05, 0) is 30.7 Å². The summed E-state index contributed by atoms with van der Waals surface area (Å²) in [5.41, 5.74) is 1.51. The third-order valence-electron chi connectivity index (χ3n) is 2.78. The van der Waals surface area contributed by atoms with Crippen LogP contribution in [-0.2, 0) is 4.74 Å². The van der Waals surface area contributed by atoms with Crippen molar-refractivity contribution in [2.75, 3.05) is 7.11 Å². The van der Waals surface area contributed by atoms with E-state index in [1.165, 1.54) is 10.5 Å². The molecule has 1 aliphatic rings. The van der Waals surface area contributed by atoms with Crippen LogP contribution in [0.5, 0.6) is 0 Å². The molecule has 0 amide bonds. The van der Waals surface area contributed by atoms with Crippen molar-refractivity contribution in [3.8, 4) is 0 Å². The summed E-state index contributed by atoms with van der Waals surface area (Å²) in [7, 11) is 1.65. The maximum Gasteiger partial charge on any atom is 0.111 e. The van der Waals surface area contributed by atoms with Gasteiger partial charge in [-0.2, -0.15) is 0 Å². The van der Waals surface area contributed by atoms with Crippen LogP contribution in [0.15, 0.2) is 35.0 Å². The van der Waals surface area contributed by atoms with E-state index < -0.39 is 0 Å². The molecule has 0 fully saturated rings. The second kappa shape index (κ2) is 4.74. The van der Waals surface area contributed by atoms with Crippen LogP contribution in [0.3, 0.4) is 0 Å². The molecule has 1 nitrogen and oxygen atoms in total. The van der Waals surface area contributed by atoms with Gasteiger partial charge < -0.3 is 4.74 Å². The molecule has 2 heteroatoms. The summed E-state index contributed by atoms with van der Waals surface area (Å²) in [5.74, 6) is 1.35. The highest BCUT2D eigenvalue weighted by atomic mass is 32.2. The smallest absolute Gasteiger partial charge is 0.111 e. The van der Waals surface area contributed by atoms with Crippen LogP contribution in [0.25, 0.3) is 0 Å². The number of methoxy groups -OCH3 is 1. The van der Waals surface area contributed by atoms with Gasteiger partial charge in [0.25, 0.3) is 0 Å². The van der Waals surface area contributed by atoms with E-state index in [1.54, 1.807) is 7.11 Å². The van der Waals surface area contributed by atoms with Gasteiger partial charge in [0.15, 0.2) is 0 Å². The van der Waals surface area contributed by atoms with Crippen molar-refractivity contribution in [2.24, 2.45) is 5.92 Å². The number of hydrogen-bond acceptors (Lipinski definition) is 2. The van der Waals surface area contributed by atoms with Gasteiger partial charge in [0.1, 0.15) is 5.76 Å². The molecule has 0 N–H and O–H groups in total. The molecule has 0 saturated heterocycles. The minimum Gasteiger partial charge on any atom is -0.497 e. The Bertz CT molecular complexity index is 289. The Morgan fingerprint density at radius 3 is 2.57 bits per heavy atom. The lowest BCUT2D eigenvalue weighted by Crippen LogP contribution is -2.06. The fraction of sp³-hybridized carbons (Fsp3) is 0.500. The highest BCUT2D eigenvalue weighted by molar-refractivity contribution is 8.04. The van der Waals surface area contributed by atoms with Gasteiger partial charge in [-0.15, -0.1) is 11.8 Å². The van der Waals surface area contributed by atoms with Gasteiger partial charge in [0.05, 0.1) is 7.11 Å². The van der Waals surface area contributed by atoms with Crippen LogP contribution in [0.1, 0.15) is 20.8 Å². The normalized spacial score (nSPS) is 27.4. The largest absolute Gasteiger partial charge is 0.497 e. The Balaban J connectivity index is 2.59. The lowest BCUT2D eigenvalue weighted by atomic mass is 9.99. The van der Waals surface area contributed by atoms with Crippen molar-refractivity contribution in [3.63, 3.8) is 0 Å². The Morgan fingerprint density at radius 2 is 2.14 bits per heavy atom. The summed E-state index contributed by atoms with van der Waals surface area (Å²) >= 11 is 1.93. The van der Waals surface area contributed by atoms with Crippen LogP contribution in [0.4, 0.5) is 0 Å². The van der Waals surface area contributed by atoms with E-state index in [0.717, 1.165) is 5.76 Å². The highest BCUT2D eigenvalue weighted by Crippen LogP contribution is 2.41. The third-order valence-corrected chi connectivity index (χ3v) is 4.29. The zero-order chi connectivity index (χ0) is 10.7. The van der Waals surface area contributed by atoms with E-state index in [9.17, 15) is 0 Å². The van der Waals surface area contributed by atoms with E-state index in [2.05, 4.69) is 33.4 Å². The maximum absolute atomic E-state index is 4.99. The lowest BCUT2D eigenvalue weighted by molar-refractivity contribution is 0.308. The number of ether oxygens (including phenoxy) is 1. The molecule has 0 aromatic rings. The van der Waals surface area contributed by atoms with E-state index in [-0.39, 0.29) is 0 Å². The van der Waals surface area contributed by atoms with E-state index in [4.69, 9.17) is 4.74 Å². The second-order valence-electron chi connectivity index (χ2n) is 3.64. The van der Waals surface area contributed by atoms with Crippen LogP contribution >= 0.6 is 11.8 Å². The molecule has 0 aromatic heterocycles. The van der Waals surface area contributed by atoms with Crippen LogP contribution in [0.2, 0.25) is 0 Å². The van der Waals surface area contributed by atoms with Crippen molar-refractivity contribution >= 4 is 11.8 Å². The fourth-order valence-corrected chi connectivity index (χ4v) is 2.79. The fourth-order valence-electron chi connectivity index (χ4n) is 1.44. The first-order chi connectivity index (χ1) is 6.56. The molecule has 0 radical (unpaired) electrons. The summed E-state index contributed by atoms with van der Waals surface area (Å²) in [6.45, 7) is 10.4.